The van der Waals surface area contributed by atoms with Crippen molar-refractivity contribution in [1.82, 2.24) is 9.97 Å². The van der Waals surface area contributed by atoms with Crippen LogP contribution in [-0.4, -0.2) is 17.0 Å². The van der Waals surface area contributed by atoms with E-state index in [0.717, 1.165) is 16.0 Å². The van der Waals surface area contributed by atoms with Crippen LogP contribution in [0.5, 0.6) is 0 Å². The first-order valence-electron chi connectivity index (χ1n) is 3.38. The van der Waals surface area contributed by atoms with Gasteiger partial charge in [0.05, 0.1) is 10.4 Å². The zero-order valence-corrected chi connectivity index (χ0v) is 7.91. The van der Waals surface area contributed by atoms with Crippen LogP contribution in [0.3, 0.4) is 0 Å². The highest BCUT2D eigenvalue weighted by Gasteiger charge is 2.07. The summed E-state index contributed by atoms with van der Waals surface area (Å²) in [5.41, 5.74) is 0. The molecule has 12 heavy (non-hydrogen) atoms. The van der Waals surface area contributed by atoms with Crippen LogP contribution >= 0.6 is 22.9 Å². The molecule has 0 aliphatic heterocycles. The molecular weight excluding hydrogens is 194 g/mol. The lowest BCUT2D eigenvalue weighted by Crippen LogP contribution is -1.92. The Morgan fingerprint density at radius 2 is 2.33 bits per heavy atom. The van der Waals surface area contributed by atoms with E-state index in [9.17, 15) is 0 Å². The molecule has 0 radical (unpaired) electrons. The average molecular weight is 200 g/mol. The third-order valence-corrected chi connectivity index (χ3v) is 2.88. The highest BCUT2D eigenvalue weighted by Crippen LogP contribution is 2.32. The van der Waals surface area contributed by atoms with Crippen LogP contribution in [0, 0.1) is 0 Å². The van der Waals surface area contributed by atoms with E-state index >= 15 is 0 Å². The molecule has 62 valence electrons. The van der Waals surface area contributed by atoms with Crippen molar-refractivity contribution in [3.8, 4) is 0 Å². The second-order valence-corrected chi connectivity index (χ2v) is 3.50. The molecule has 0 amide bonds. The Hall–Kier alpha value is -0.870. The number of halogens is 1. The van der Waals surface area contributed by atoms with Gasteiger partial charge in [-0.15, -0.1) is 11.3 Å². The van der Waals surface area contributed by atoms with Crippen LogP contribution in [0.2, 0.25) is 5.02 Å². The maximum absolute atomic E-state index is 5.95. The third kappa shape index (κ3) is 1.04. The molecular formula is C7H6ClN3S. The van der Waals surface area contributed by atoms with E-state index in [-0.39, 0.29) is 0 Å². The van der Waals surface area contributed by atoms with Crippen LogP contribution in [-0.2, 0) is 0 Å². The van der Waals surface area contributed by atoms with Gasteiger partial charge in [0, 0.05) is 12.4 Å². The number of thiophene rings is 1. The smallest absolute Gasteiger partial charge is 0.139 e. The molecule has 1 N–H and O–H groups in total. The normalized spacial score (nSPS) is 10.5. The maximum Gasteiger partial charge on any atom is 0.139 e. The van der Waals surface area contributed by atoms with E-state index < -0.39 is 0 Å². The van der Waals surface area contributed by atoms with E-state index in [1.165, 1.54) is 17.7 Å². The number of nitrogens with one attached hydrogen (secondary N) is 1. The molecule has 0 atom stereocenters. The molecule has 3 nitrogen and oxygen atoms in total. The van der Waals surface area contributed by atoms with Crippen molar-refractivity contribution in [1.29, 1.82) is 0 Å². The summed E-state index contributed by atoms with van der Waals surface area (Å²) in [5, 5.41) is 6.45. The molecule has 2 rings (SSSR count). The zero-order chi connectivity index (χ0) is 8.55. The molecule has 0 aliphatic rings. The van der Waals surface area contributed by atoms with Gasteiger partial charge >= 0.3 is 0 Å². The largest absolute Gasteiger partial charge is 0.372 e. The Balaban J connectivity index is 2.84. The fourth-order valence-electron chi connectivity index (χ4n) is 1.03. The Bertz CT molecular complexity index is 412. The lowest BCUT2D eigenvalue weighted by molar-refractivity contribution is 1.22. The van der Waals surface area contributed by atoms with Crippen molar-refractivity contribution in [2.45, 2.75) is 0 Å². The summed E-state index contributed by atoms with van der Waals surface area (Å²) in [4.78, 5) is 9.07. The van der Waals surface area contributed by atoms with Gasteiger partial charge in [-0.3, -0.25) is 0 Å². The Morgan fingerprint density at radius 3 is 3.08 bits per heavy atom. The lowest BCUT2D eigenvalue weighted by Gasteiger charge is -1.98. The number of nitrogens with zero attached hydrogens (tertiary/aromatic N) is 2. The summed E-state index contributed by atoms with van der Waals surface area (Å²) in [7, 11) is 1.82. The van der Waals surface area contributed by atoms with E-state index in [1.807, 2.05) is 12.4 Å². The van der Waals surface area contributed by atoms with Crippen LogP contribution in [0.25, 0.3) is 10.2 Å². The molecule has 0 unspecified atom stereocenters. The van der Waals surface area contributed by atoms with E-state index in [1.54, 1.807) is 0 Å². The second-order valence-electron chi connectivity index (χ2n) is 2.24. The number of rotatable bonds is 1. The van der Waals surface area contributed by atoms with Crippen molar-refractivity contribution < 1.29 is 0 Å². The van der Waals surface area contributed by atoms with Crippen molar-refractivity contribution in [3.63, 3.8) is 0 Å². The van der Waals surface area contributed by atoms with Crippen LogP contribution in [0.4, 0.5) is 5.82 Å². The fraction of sp³-hybridized carbons (Fsp3) is 0.143. The minimum absolute atomic E-state index is 0.708. The van der Waals surface area contributed by atoms with Crippen molar-refractivity contribution in [3.05, 3.63) is 16.7 Å². The summed E-state index contributed by atoms with van der Waals surface area (Å²) < 4.78 is 0. The van der Waals surface area contributed by atoms with E-state index in [2.05, 4.69) is 15.3 Å². The minimum atomic E-state index is 0.708. The molecule has 2 aromatic heterocycles. The molecule has 2 aromatic rings. The lowest BCUT2D eigenvalue weighted by atomic mass is 10.4. The number of anilines is 1. The van der Waals surface area contributed by atoms with Crippen LogP contribution < -0.4 is 5.32 Å². The quantitative estimate of drug-likeness (QED) is 0.767. The van der Waals surface area contributed by atoms with Crippen molar-refractivity contribution in [2.75, 3.05) is 12.4 Å². The molecule has 0 aromatic carbocycles. The SMILES string of the molecule is CNc1ncnc2scc(Cl)c12. The van der Waals surface area contributed by atoms with Gasteiger partial charge in [0.15, 0.2) is 0 Å². The Labute approximate surface area is 78.4 Å². The first-order chi connectivity index (χ1) is 5.83. The summed E-state index contributed by atoms with van der Waals surface area (Å²) in [5.74, 6) is 0.784. The van der Waals surface area contributed by atoms with Gasteiger partial charge in [-0.2, -0.15) is 0 Å². The predicted octanol–water partition coefficient (Wildman–Crippen LogP) is 2.39. The summed E-state index contributed by atoms with van der Waals surface area (Å²) in [6.45, 7) is 0. The van der Waals surface area contributed by atoms with Crippen LogP contribution in [0.15, 0.2) is 11.7 Å². The molecule has 0 saturated heterocycles. The topological polar surface area (TPSA) is 37.8 Å². The minimum Gasteiger partial charge on any atom is -0.372 e. The third-order valence-electron chi connectivity index (χ3n) is 1.56. The van der Waals surface area contributed by atoms with Gasteiger partial charge in [-0.1, -0.05) is 11.6 Å². The zero-order valence-electron chi connectivity index (χ0n) is 6.34. The molecule has 2 heterocycles. The van der Waals surface area contributed by atoms with Gasteiger partial charge in [0.1, 0.15) is 17.0 Å². The first-order valence-corrected chi connectivity index (χ1v) is 4.64. The fourth-order valence-corrected chi connectivity index (χ4v) is 2.16. The molecule has 5 heteroatoms. The van der Waals surface area contributed by atoms with Gasteiger partial charge in [-0.25, -0.2) is 9.97 Å². The monoisotopic (exact) mass is 199 g/mol. The average Bonchev–Trinajstić information content (AvgIpc) is 2.48. The Morgan fingerprint density at radius 1 is 1.50 bits per heavy atom. The van der Waals surface area contributed by atoms with E-state index in [4.69, 9.17) is 11.6 Å². The number of hydrogen-bond acceptors (Lipinski definition) is 4. The molecule has 0 spiro atoms. The highest BCUT2D eigenvalue weighted by atomic mass is 35.5. The molecule has 0 fully saturated rings. The number of aromatic nitrogens is 2. The Kier molecular flexibility index (Phi) is 1.86. The van der Waals surface area contributed by atoms with Gasteiger partial charge in [0.25, 0.3) is 0 Å². The standard InChI is InChI=1S/C7H6ClN3S/c1-9-6-5-4(8)2-12-7(5)11-3-10-6/h2-3H,1H3,(H,9,10,11). The highest BCUT2D eigenvalue weighted by molar-refractivity contribution is 7.17. The molecule has 0 saturated carbocycles. The van der Waals surface area contributed by atoms with Crippen molar-refractivity contribution in [2.24, 2.45) is 0 Å². The summed E-state index contributed by atoms with van der Waals surface area (Å²) in [6.07, 6.45) is 1.53. The van der Waals surface area contributed by atoms with Crippen molar-refractivity contribution >= 4 is 39.0 Å². The first kappa shape index (κ1) is 7.76. The maximum atomic E-state index is 5.95. The molecule has 0 aliphatic carbocycles. The number of fused-ring (bicyclic) bond motifs is 1. The van der Waals surface area contributed by atoms with Gasteiger partial charge < -0.3 is 5.32 Å². The predicted molar refractivity (Wildman–Crippen MR) is 52.0 cm³/mol. The molecule has 0 bridgehead atoms. The van der Waals surface area contributed by atoms with Gasteiger partial charge in [-0.05, 0) is 0 Å². The number of hydrogen-bond donors (Lipinski definition) is 1. The van der Waals surface area contributed by atoms with Gasteiger partial charge in [0.2, 0.25) is 0 Å². The second kappa shape index (κ2) is 2.88. The summed E-state index contributed by atoms with van der Waals surface area (Å²) in [6, 6.07) is 0. The van der Waals surface area contributed by atoms with Crippen LogP contribution in [0.1, 0.15) is 0 Å². The summed E-state index contributed by atoms with van der Waals surface area (Å²) >= 11 is 7.47. The van der Waals surface area contributed by atoms with E-state index in [0.29, 0.717) is 5.02 Å².